The Morgan fingerprint density at radius 3 is 2.26 bits per heavy atom. The van der Waals surface area contributed by atoms with Crippen molar-refractivity contribution < 1.29 is 28.9 Å². The third kappa shape index (κ3) is 4.93. The summed E-state index contributed by atoms with van der Waals surface area (Å²) < 4.78 is 16.1. The van der Waals surface area contributed by atoms with Gasteiger partial charge in [0, 0.05) is 31.7 Å². The number of morpholine rings is 1. The van der Waals surface area contributed by atoms with E-state index in [9.17, 15) is 14.7 Å². The summed E-state index contributed by atoms with van der Waals surface area (Å²) in [5.74, 6) is -0.164. The lowest BCUT2D eigenvalue weighted by molar-refractivity contribution is -0.140. The van der Waals surface area contributed by atoms with Crippen molar-refractivity contribution in [1.82, 2.24) is 9.80 Å². The van der Waals surface area contributed by atoms with Gasteiger partial charge in [-0.05, 0) is 48.9 Å². The van der Waals surface area contributed by atoms with Crippen molar-refractivity contribution >= 4 is 17.4 Å². The van der Waals surface area contributed by atoms with Crippen LogP contribution in [0.1, 0.15) is 24.1 Å². The maximum Gasteiger partial charge on any atom is 0.295 e. The fraction of sp³-hybridized carbons (Fsp3) is 0.385. The molecule has 180 valence electrons. The van der Waals surface area contributed by atoms with E-state index in [1.165, 1.54) is 0 Å². The van der Waals surface area contributed by atoms with Crippen LogP contribution in [0.2, 0.25) is 0 Å². The Balaban J connectivity index is 1.71. The zero-order valence-electron chi connectivity index (χ0n) is 19.5. The highest BCUT2D eigenvalue weighted by Gasteiger charge is 2.46. The molecule has 0 unspecified atom stereocenters. The molecule has 4 rings (SSSR count). The van der Waals surface area contributed by atoms with E-state index in [1.54, 1.807) is 36.3 Å². The van der Waals surface area contributed by atoms with Gasteiger partial charge in [0.15, 0.2) is 0 Å². The molecule has 8 heteroatoms. The van der Waals surface area contributed by atoms with Crippen molar-refractivity contribution in [3.63, 3.8) is 0 Å². The molecule has 1 amide bonds. The van der Waals surface area contributed by atoms with Gasteiger partial charge in [0.05, 0.1) is 38.5 Å². The lowest BCUT2D eigenvalue weighted by atomic mass is 9.95. The summed E-state index contributed by atoms with van der Waals surface area (Å²) in [5.41, 5.74) is 1.27. The van der Waals surface area contributed by atoms with E-state index >= 15 is 0 Å². The number of methoxy groups -OCH3 is 1. The van der Waals surface area contributed by atoms with Gasteiger partial charge in [0.1, 0.15) is 17.3 Å². The van der Waals surface area contributed by atoms with Crippen molar-refractivity contribution in [2.24, 2.45) is 0 Å². The van der Waals surface area contributed by atoms with Gasteiger partial charge < -0.3 is 24.2 Å². The predicted octanol–water partition coefficient (Wildman–Crippen LogP) is 2.85. The van der Waals surface area contributed by atoms with Crippen LogP contribution >= 0.6 is 0 Å². The first-order valence-electron chi connectivity index (χ1n) is 11.5. The smallest absolute Gasteiger partial charge is 0.295 e. The van der Waals surface area contributed by atoms with Gasteiger partial charge in [-0.2, -0.15) is 0 Å². The first-order valence-corrected chi connectivity index (χ1v) is 11.5. The molecule has 8 nitrogen and oxygen atoms in total. The van der Waals surface area contributed by atoms with E-state index in [2.05, 4.69) is 4.90 Å². The number of likely N-dealkylation sites (tertiary alicyclic amines) is 1. The van der Waals surface area contributed by atoms with Crippen LogP contribution in [0.3, 0.4) is 0 Å². The zero-order chi connectivity index (χ0) is 24.1. The van der Waals surface area contributed by atoms with Crippen LogP contribution in [0.4, 0.5) is 0 Å². The number of hydrogen-bond donors (Lipinski definition) is 1. The number of Topliss-reactive ketones (excluding diaryl/α,β-unsaturated/α-hetero) is 1. The van der Waals surface area contributed by atoms with Crippen molar-refractivity contribution in [2.45, 2.75) is 13.0 Å². The first-order chi connectivity index (χ1) is 16.5. The summed E-state index contributed by atoms with van der Waals surface area (Å²) in [7, 11) is 1.56. The molecule has 0 spiro atoms. The maximum atomic E-state index is 13.2. The summed E-state index contributed by atoms with van der Waals surface area (Å²) in [4.78, 5) is 30.1. The SMILES string of the molecule is CCOc1ccc([C@@H]2/C(=C(\O)c3ccc(OC)cc3)C(=O)C(=O)N2CCN2CCOCC2)cc1. The zero-order valence-corrected chi connectivity index (χ0v) is 19.5. The number of aliphatic hydroxyl groups is 1. The molecule has 34 heavy (non-hydrogen) atoms. The third-order valence-electron chi connectivity index (χ3n) is 6.17. The number of rotatable bonds is 8. The minimum atomic E-state index is -0.696. The molecule has 1 N–H and O–H groups in total. The Hall–Kier alpha value is -3.36. The minimum Gasteiger partial charge on any atom is -0.507 e. The van der Waals surface area contributed by atoms with Gasteiger partial charge in [0.25, 0.3) is 11.7 Å². The van der Waals surface area contributed by atoms with Gasteiger partial charge in [-0.1, -0.05) is 12.1 Å². The maximum absolute atomic E-state index is 13.2. The predicted molar refractivity (Wildman–Crippen MR) is 127 cm³/mol. The summed E-state index contributed by atoms with van der Waals surface area (Å²) in [6, 6.07) is 13.4. The number of hydrogen-bond acceptors (Lipinski definition) is 7. The second-order valence-corrected chi connectivity index (χ2v) is 8.18. The first kappa shape index (κ1) is 23.8. The van der Waals surface area contributed by atoms with Crippen LogP contribution in [0.15, 0.2) is 54.1 Å². The fourth-order valence-electron chi connectivity index (χ4n) is 4.35. The number of benzene rings is 2. The summed E-state index contributed by atoms with van der Waals surface area (Å²) in [5, 5.41) is 11.2. The third-order valence-corrected chi connectivity index (χ3v) is 6.17. The number of nitrogens with zero attached hydrogens (tertiary/aromatic N) is 2. The van der Waals surface area contributed by atoms with E-state index in [0.29, 0.717) is 50.0 Å². The minimum absolute atomic E-state index is 0.0845. The van der Waals surface area contributed by atoms with Crippen LogP contribution in [0.25, 0.3) is 5.76 Å². The van der Waals surface area contributed by atoms with Crippen LogP contribution in [-0.4, -0.2) is 79.7 Å². The van der Waals surface area contributed by atoms with Crippen LogP contribution in [0, 0.1) is 0 Å². The average Bonchev–Trinajstić information content (AvgIpc) is 3.13. The molecule has 0 saturated carbocycles. The van der Waals surface area contributed by atoms with Gasteiger partial charge in [-0.25, -0.2) is 0 Å². The molecule has 2 aromatic carbocycles. The lowest BCUT2D eigenvalue weighted by Crippen LogP contribution is -2.42. The van der Waals surface area contributed by atoms with Gasteiger partial charge >= 0.3 is 0 Å². The molecule has 0 bridgehead atoms. The highest BCUT2D eigenvalue weighted by Crippen LogP contribution is 2.39. The second-order valence-electron chi connectivity index (χ2n) is 8.18. The Morgan fingerprint density at radius 2 is 1.65 bits per heavy atom. The quantitative estimate of drug-likeness (QED) is 0.364. The number of carbonyl (C=O) groups is 2. The second kappa shape index (κ2) is 10.7. The normalized spacial score (nSPS) is 20.5. The molecule has 2 aliphatic rings. The molecule has 2 aliphatic heterocycles. The lowest BCUT2D eigenvalue weighted by Gasteiger charge is -2.31. The topological polar surface area (TPSA) is 88.5 Å². The van der Waals surface area contributed by atoms with Crippen LogP contribution < -0.4 is 9.47 Å². The van der Waals surface area contributed by atoms with E-state index in [1.807, 2.05) is 31.2 Å². The highest BCUT2D eigenvalue weighted by molar-refractivity contribution is 6.46. The monoisotopic (exact) mass is 466 g/mol. The molecule has 2 saturated heterocycles. The Kier molecular flexibility index (Phi) is 7.49. The Morgan fingerprint density at radius 1 is 1.00 bits per heavy atom. The molecule has 0 aromatic heterocycles. The van der Waals surface area contributed by atoms with Gasteiger partial charge in [0.2, 0.25) is 0 Å². The number of amides is 1. The molecule has 2 aromatic rings. The number of ketones is 1. The number of aliphatic hydroxyl groups excluding tert-OH is 1. The summed E-state index contributed by atoms with van der Waals surface area (Å²) >= 11 is 0. The van der Waals surface area contributed by atoms with Crippen molar-refractivity contribution in [3.05, 3.63) is 65.2 Å². The number of ether oxygens (including phenoxy) is 3. The molecule has 0 radical (unpaired) electrons. The van der Waals surface area contributed by atoms with Crippen molar-refractivity contribution in [3.8, 4) is 11.5 Å². The molecular formula is C26H30N2O6. The van der Waals surface area contributed by atoms with Crippen molar-refractivity contribution in [2.75, 3.05) is 53.1 Å². The summed E-state index contributed by atoms with van der Waals surface area (Å²) in [6.07, 6.45) is 0. The average molecular weight is 467 g/mol. The van der Waals surface area contributed by atoms with Crippen molar-refractivity contribution in [1.29, 1.82) is 0 Å². The van der Waals surface area contributed by atoms with E-state index in [0.717, 1.165) is 18.7 Å². The molecular weight excluding hydrogens is 436 g/mol. The van der Waals surface area contributed by atoms with Gasteiger partial charge in [-0.3, -0.25) is 14.5 Å². The summed E-state index contributed by atoms with van der Waals surface area (Å²) in [6.45, 7) is 6.29. The standard InChI is InChI=1S/C26H30N2O6/c1-3-34-21-10-4-18(5-11-21)23-22(24(29)19-6-8-20(32-2)9-7-19)25(30)26(31)28(23)13-12-27-14-16-33-17-15-27/h4-11,23,29H,3,12-17H2,1-2H3/b24-22+/t23-/m1/s1. The van der Waals surface area contributed by atoms with E-state index < -0.39 is 17.7 Å². The molecule has 2 fully saturated rings. The Labute approximate surface area is 199 Å². The van der Waals surface area contributed by atoms with E-state index in [4.69, 9.17) is 14.2 Å². The largest absolute Gasteiger partial charge is 0.507 e. The fourth-order valence-corrected chi connectivity index (χ4v) is 4.35. The Bertz CT molecular complexity index is 1040. The molecule has 0 aliphatic carbocycles. The molecule has 1 atom stereocenters. The molecule has 2 heterocycles. The highest BCUT2D eigenvalue weighted by atomic mass is 16.5. The number of carbonyl (C=O) groups excluding carboxylic acids is 2. The van der Waals surface area contributed by atoms with E-state index in [-0.39, 0.29) is 11.3 Å². The van der Waals surface area contributed by atoms with Gasteiger partial charge in [-0.15, -0.1) is 0 Å². The van der Waals surface area contributed by atoms with Crippen LogP contribution in [-0.2, 0) is 14.3 Å². The van der Waals surface area contributed by atoms with Crippen LogP contribution in [0.5, 0.6) is 11.5 Å².